The van der Waals surface area contributed by atoms with Gasteiger partial charge in [0.1, 0.15) is 12.4 Å². The first-order valence-corrected chi connectivity index (χ1v) is 7.41. The summed E-state index contributed by atoms with van der Waals surface area (Å²) in [5.74, 6) is 1.88. The maximum absolute atomic E-state index is 12.0. The van der Waals surface area contributed by atoms with E-state index in [1.165, 1.54) is 0 Å². The lowest BCUT2D eigenvalue weighted by molar-refractivity contribution is -0.126. The molecular weight excluding hydrogens is 252 g/mol. The van der Waals surface area contributed by atoms with Crippen LogP contribution in [-0.2, 0) is 4.79 Å². The third kappa shape index (κ3) is 4.44. The molecule has 1 fully saturated rings. The number of ether oxygens (including phenoxy) is 1. The summed E-state index contributed by atoms with van der Waals surface area (Å²) in [5, 5.41) is 2.96. The summed E-state index contributed by atoms with van der Waals surface area (Å²) in [6.07, 6.45) is 4.36. The summed E-state index contributed by atoms with van der Waals surface area (Å²) < 4.78 is 5.55. The van der Waals surface area contributed by atoms with E-state index < -0.39 is 0 Å². The van der Waals surface area contributed by atoms with E-state index in [0.717, 1.165) is 37.4 Å². The molecule has 0 radical (unpaired) electrons. The molecule has 1 amide bonds. The molecule has 1 aliphatic rings. The largest absolute Gasteiger partial charge is 0.492 e. The van der Waals surface area contributed by atoms with Gasteiger partial charge in [-0.25, -0.2) is 0 Å². The van der Waals surface area contributed by atoms with Crippen LogP contribution in [0.1, 0.15) is 32.6 Å². The van der Waals surface area contributed by atoms with E-state index >= 15 is 0 Å². The van der Waals surface area contributed by atoms with Gasteiger partial charge in [0.15, 0.2) is 0 Å². The van der Waals surface area contributed by atoms with E-state index in [1.807, 2.05) is 18.2 Å². The van der Waals surface area contributed by atoms with Crippen LogP contribution in [0.5, 0.6) is 5.75 Å². The molecule has 0 heterocycles. The lowest BCUT2D eigenvalue weighted by atomic mass is 9.82. The molecule has 1 aromatic carbocycles. The number of amides is 1. The monoisotopic (exact) mass is 276 g/mol. The van der Waals surface area contributed by atoms with E-state index in [2.05, 4.69) is 12.2 Å². The third-order valence-electron chi connectivity index (χ3n) is 3.91. The van der Waals surface area contributed by atoms with Crippen molar-refractivity contribution in [1.29, 1.82) is 0 Å². The molecule has 3 N–H and O–H groups in total. The van der Waals surface area contributed by atoms with Crippen LogP contribution in [0, 0.1) is 11.8 Å². The number of rotatable bonds is 5. The van der Waals surface area contributed by atoms with Crippen molar-refractivity contribution >= 4 is 11.6 Å². The van der Waals surface area contributed by atoms with E-state index in [0.29, 0.717) is 18.8 Å². The van der Waals surface area contributed by atoms with Gasteiger partial charge in [-0.05, 0) is 43.7 Å². The van der Waals surface area contributed by atoms with Gasteiger partial charge in [-0.1, -0.05) is 13.0 Å². The summed E-state index contributed by atoms with van der Waals surface area (Å²) in [4.78, 5) is 12.0. The maximum atomic E-state index is 12.0. The van der Waals surface area contributed by atoms with Crippen molar-refractivity contribution in [3.63, 3.8) is 0 Å². The normalized spacial score (nSPS) is 22.2. The molecule has 1 aromatic rings. The van der Waals surface area contributed by atoms with Crippen LogP contribution in [0.15, 0.2) is 24.3 Å². The average Bonchev–Trinajstić information content (AvgIpc) is 2.44. The smallest absolute Gasteiger partial charge is 0.223 e. The minimum absolute atomic E-state index is 0.174. The average molecular weight is 276 g/mol. The molecule has 0 saturated heterocycles. The van der Waals surface area contributed by atoms with Crippen LogP contribution in [0.25, 0.3) is 0 Å². The predicted molar refractivity (Wildman–Crippen MR) is 80.5 cm³/mol. The molecule has 0 atom stereocenters. The second-order valence-corrected chi connectivity index (χ2v) is 5.67. The predicted octanol–water partition coefficient (Wildman–Crippen LogP) is 2.59. The van der Waals surface area contributed by atoms with Gasteiger partial charge >= 0.3 is 0 Å². The summed E-state index contributed by atoms with van der Waals surface area (Å²) >= 11 is 0. The lowest BCUT2D eigenvalue weighted by Gasteiger charge is -2.25. The molecule has 4 nitrogen and oxygen atoms in total. The van der Waals surface area contributed by atoms with Crippen molar-refractivity contribution in [2.45, 2.75) is 32.6 Å². The van der Waals surface area contributed by atoms with Gasteiger partial charge in [-0.15, -0.1) is 0 Å². The molecule has 20 heavy (non-hydrogen) atoms. The second-order valence-electron chi connectivity index (χ2n) is 5.67. The van der Waals surface area contributed by atoms with Crippen LogP contribution in [0.3, 0.4) is 0 Å². The summed E-state index contributed by atoms with van der Waals surface area (Å²) in [6.45, 7) is 3.27. The number of anilines is 1. The molecule has 0 bridgehead atoms. The molecular formula is C16H24N2O2. The van der Waals surface area contributed by atoms with Crippen LogP contribution >= 0.6 is 0 Å². The van der Waals surface area contributed by atoms with Gasteiger partial charge < -0.3 is 15.8 Å². The highest BCUT2D eigenvalue weighted by atomic mass is 16.5. The Bertz CT molecular complexity index is 440. The van der Waals surface area contributed by atoms with Crippen LogP contribution in [-0.4, -0.2) is 19.1 Å². The van der Waals surface area contributed by atoms with Gasteiger partial charge in [0.25, 0.3) is 0 Å². The van der Waals surface area contributed by atoms with Crippen LogP contribution < -0.4 is 15.8 Å². The molecule has 110 valence electrons. The minimum Gasteiger partial charge on any atom is -0.492 e. The number of nitrogens with one attached hydrogen (secondary N) is 1. The van der Waals surface area contributed by atoms with Gasteiger partial charge in [-0.2, -0.15) is 0 Å². The summed E-state index contributed by atoms with van der Waals surface area (Å²) in [7, 11) is 0. The topological polar surface area (TPSA) is 64.3 Å². The van der Waals surface area contributed by atoms with Crippen LogP contribution in [0.4, 0.5) is 5.69 Å². The molecule has 0 unspecified atom stereocenters. The van der Waals surface area contributed by atoms with Gasteiger partial charge in [0.05, 0.1) is 6.54 Å². The number of benzene rings is 1. The highest BCUT2D eigenvalue weighted by Gasteiger charge is 2.23. The zero-order valence-corrected chi connectivity index (χ0v) is 12.1. The number of hydrogen-bond acceptors (Lipinski definition) is 3. The van der Waals surface area contributed by atoms with E-state index in [1.54, 1.807) is 6.07 Å². The maximum Gasteiger partial charge on any atom is 0.223 e. The lowest BCUT2D eigenvalue weighted by Crippen LogP contribution is -2.35. The molecule has 0 spiro atoms. The van der Waals surface area contributed by atoms with Crippen molar-refractivity contribution in [2.75, 3.05) is 18.9 Å². The number of carbonyl (C=O) groups is 1. The van der Waals surface area contributed by atoms with E-state index in [-0.39, 0.29) is 11.8 Å². The van der Waals surface area contributed by atoms with Crippen LogP contribution in [0.2, 0.25) is 0 Å². The first-order chi connectivity index (χ1) is 9.65. The Morgan fingerprint density at radius 3 is 2.80 bits per heavy atom. The summed E-state index contributed by atoms with van der Waals surface area (Å²) in [5.41, 5.74) is 6.35. The molecule has 0 aromatic heterocycles. The zero-order chi connectivity index (χ0) is 14.4. The molecule has 1 saturated carbocycles. The Morgan fingerprint density at radius 2 is 2.10 bits per heavy atom. The highest BCUT2D eigenvalue weighted by molar-refractivity contribution is 5.78. The fourth-order valence-electron chi connectivity index (χ4n) is 2.61. The third-order valence-corrected chi connectivity index (χ3v) is 3.91. The van der Waals surface area contributed by atoms with Crippen molar-refractivity contribution < 1.29 is 9.53 Å². The Kier molecular flexibility index (Phi) is 5.27. The fourth-order valence-corrected chi connectivity index (χ4v) is 2.61. The second kappa shape index (κ2) is 7.17. The van der Waals surface area contributed by atoms with Crippen molar-refractivity contribution in [3.05, 3.63) is 24.3 Å². The molecule has 0 aliphatic heterocycles. The first-order valence-electron chi connectivity index (χ1n) is 7.41. The van der Waals surface area contributed by atoms with E-state index in [9.17, 15) is 4.79 Å². The van der Waals surface area contributed by atoms with Crippen molar-refractivity contribution in [1.82, 2.24) is 5.32 Å². The number of nitrogen functional groups attached to an aromatic ring is 1. The Morgan fingerprint density at radius 1 is 1.35 bits per heavy atom. The fraction of sp³-hybridized carbons (Fsp3) is 0.562. The number of carbonyl (C=O) groups excluding carboxylic acids is 1. The Hall–Kier alpha value is -1.71. The number of nitrogens with two attached hydrogens (primary N) is 1. The quantitative estimate of drug-likeness (QED) is 0.642. The highest BCUT2D eigenvalue weighted by Crippen LogP contribution is 2.28. The van der Waals surface area contributed by atoms with Crippen molar-refractivity contribution in [3.8, 4) is 5.75 Å². The standard InChI is InChI=1S/C16H24N2O2/c1-12-5-7-13(8-6-12)16(19)18-9-10-20-15-4-2-3-14(17)11-15/h2-4,11-13H,5-10,17H2,1H3,(H,18,19). The Labute approximate surface area is 120 Å². The Balaban J connectivity index is 1.64. The van der Waals surface area contributed by atoms with Gasteiger partial charge in [0, 0.05) is 17.7 Å². The van der Waals surface area contributed by atoms with Gasteiger partial charge in [0.2, 0.25) is 5.91 Å². The van der Waals surface area contributed by atoms with E-state index in [4.69, 9.17) is 10.5 Å². The first kappa shape index (κ1) is 14.7. The SMILES string of the molecule is CC1CCC(C(=O)NCCOc2cccc(N)c2)CC1. The minimum atomic E-state index is 0.174. The number of hydrogen-bond donors (Lipinski definition) is 2. The van der Waals surface area contributed by atoms with Crippen molar-refractivity contribution in [2.24, 2.45) is 11.8 Å². The molecule has 1 aliphatic carbocycles. The molecule has 2 rings (SSSR count). The van der Waals surface area contributed by atoms with Gasteiger partial charge in [-0.3, -0.25) is 4.79 Å². The molecule has 4 heteroatoms. The summed E-state index contributed by atoms with van der Waals surface area (Å²) in [6, 6.07) is 7.32. The zero-order valence-electron chi connectivity index (χ0n) is 12.1.